The average Bonchev–Trinajstić information content (AvgIpc) is 2.99. The van der Waals surface area contributed by atoms with Crippen molar-refractivity contribution in [3.63, 3.8) is 0 Å². The number of fused-ring (bicyclic) bond motifs is 1. The molecule has 0 radical (unpaired) electrons. The number of hydrogen-bond donors (Lipinski definition) is 1. The van der Waals surface area contributed by atoms with Gasteiger partial charge in [-0.05, 0) is 0 Å². The smallest absolute Gasteiger partial charge is 0.246 e. The molecule has 124 valence electrons. The number of carbonyl (C=O) groups is 2. The van der Waals surface area contributed by atoms with E-state index in [4.69, 9.17) is 0 Å². The van der Waals surface area contributed by atoms with Crippen LogP contribution in [0, 0.1) is 0 Å². The highest BCUT2D eigenvalue weighted by Crippen LogP contribution is 2.15. The van der Waals surface area contributed by atoms with Gasteiger partial charge in [-0.3, -0.25) is 14.5 Å². The maximum atomic E-state index is 12.3. The molecule has 1 aromatic rings. The fourth-order valence-electron chi connectivity index (χ4n) is 3.03. The van der Waals surface area contributed by atoms with Gasteiger partial charge in [-0.1, -0.05) is 6.08 Å². The number of rotatable bonds is 4. The Morgan fingerprint density at radius 3 is 2.78 bits per heavy atom. The number of imidazole rings is 1. The van der Waals surface area contributed by atoms with Crippen LogP contribution in [0.1, 0.15) is 23.2 Å². The molecule has 0 atom stereocenters. The summed E-state index contributed by atoms with van der Waals surface area (Å²) in [6.07, 6.45) is 5.20. The number of nitrogens with zero attached hydrogens (tertiary/aromatic N) is 4. The van der Waals surface area contributed by atoms with E-state index in [0.717, 1.165) is 38.5 Å². The van der Waals surface area contributed by atoms with E-state index in [2.05, 4.69) is 15.2 Å². The van der Waals surface area contributed by atoms with E-state index in [1.807, 2.05) is 10.6 Å². The minimum atomic E-state index is 0.0127. The monoisotopic (exact) mass is 317 g/mol. The van der Waals surface area contributed by atoms with E-state index < -0.39 is 0 Å². The summed E-state index contributed by atoms with van der Waals surface area (Å²) in [7, 11) is 0. The molecule has 2 aliphatic rings. The van der Waals surface area contributed by atoms with Crippen LogP contribution in [0.2, 0.25) is 0 Å². The Morgan fingerprint density at radius 1 is 1.26 bits per heavy atom. The minimum absolute atomic E-state index is 0.0127. The molecule has 7 nitrogen and oxygen atoms in total. The standard InChI is InChI=1S/C16H23N5O2/c1-13(22)14-11-18-15-12-20(9-10-21(14)15)16(23)3-2-6-19-7-4-17-5-8-19/h2-3,11,17H,4-10,12H2,1H3/b3-2+. The van der Waals surface area contributed by atoms with Crippen molar-refractivity contribution in [3.05, 3.63) is 29.9 Å². The summed E-state index contributed by atoms with van der Waals surface area (Å²) in [5, 5.41) is 3.31. The molecule has 1 N–H and O–H groups in total. The molecule has 1 amide bonds. The van der Waals surface area contributed by atoms with Crippen LogP contribution < -0.4 is 5.32 Å². The molecule has 0 aromatic carbocycles. The fraction of sp³-hybridized carbons (Fsp3) is 0.562. The first-order valence-corrected chi connectivity index (χ1v) is 8.09. The second-order valence-electron chi connectivity index (χ2n) is 5.98. The Bertz CT molecular complexity index is 616. The third-order valence-electron chi connectivity index (χ3n) is 4.37. The minimum Gasteiger partial charge on any atom is -0.330 e. The van der Waals surface area contributed by atoms with Gasteiger partial charge in [0, 0.05) is 58.8 Å². The lowest BCUT2D eigenvalue weighted by Crippen LogP contribution is -2.43. The molecule has 3 rings (SSSR count). The average molecular weight is 317 g/mol. The van der Waals surface area contributed by atoms with Crippen LogP contribution in [-0.2, 0) is 17.9 Å². The van der Waals surface area contributed by atoms with Gasteiger partial charge in [-0.25, -0.2) is 4.98 Å². The maximum Gasteiger partial charge on any atom is 0.246 e. The molecule has 1 aromatic heterocycles. The summed E-state index contributed by atoms with van der Waals surface area (Å²) >= 11 is 0. The SMILES string of the molecule is CC(=O)c1cnc2n1CCN(C(=O)/C=C/CN1CCNCC1)C2. The molecule has 1 saturated heterocycles. The van der Waals surface area contributed by atoms with Gasteiger partial charge >= 0.3 is 0 Å². The van der Waals surface area contributed by atoms with Gasteiger partial charge in [0.1, 0.15) is 11.5 Å². The summed E-state index contributed by atoms with van der Waals surface area (Å²) in [5.74, 6) is 0.809. The lowest BCUT2D eigenvalue weighted by Gasteiger charge is -2.28. The van der Waals surface area contributed by atoms with Gasteiger partial charge in [0.2, 0.25) is 5.91 Å². The van der Waals surface area contributed by atoms with Crippen LogP contribution in [0.15, 0.2) is 18.3 Å². The Morgan fingerprint density at radius 2 is 2.04 bits per heavy atom. The number of aromatic nitrogens is 2. The molecule has 3 heterocycles. The molecule has 7 heteroatoms. The summed E-state index contributed by atoms with van der Waals surface area (Å²) < 4.78 is 1.91. The third-order valence-corrected chi connectivity index (χ3v) is 4.37. The summed E-state index contributed by atoms with van der Waals surface area (Å²) in [4.78, 5) is 32.2. The van der Waals surface area contributed by atoms with Crippen LogP contribution in [0.3, 0.4) is 0 Å². The van der Waals surface area contributed by atoms with Gasteiger partial charge in [-0.2, -0.15) is 0 Å². The molecule has 0 saturated carbocycles. The molecular weight excluding hydrogens is 294 g/mol. The molecule has 0 bridgehead atoms. The van der Waals surface area contributed by atoms with Gasteiger partial charge in [0.25, 0.3) is 0 Å². The van der Waals surface area contributed by atoms with Crippen LogP contribution in [0.5, 0.6) is 0 Å². The second kappa shape index (κ2) is 7.06. The van der Waals surface area contributed by atoms with Crippen molar-refractivity contribution in [3.8, 4) is 0 Å². The Balaban J connectivity index is 1.55. The quantitative estimate of drug-likeness (QED) is 0.620. The number of amides is 1. The number of ketones is 1. The van der Waals surface area contributed by atoms with Crippen LogP contribution in [-0.4, -0.2) is 70.3 Å². The van der Waals surface area contributed by atoms with Crippen molar-refractivity contribution in [1.82, 2.24) is 24.7 Å². The Labute approximate surface area is 136 Å². The molecule has 0 spiro atoms. The molecular formula is C16H23N5O2. The van der Waals surface area contributed by atoms with Crippen LogP contribution >= 0.6 is 0 Å². The predicted octanol–water partition coefficient (Wildman–Crippen LogP) is -0.111. The van der Waals surface area contributed by atoms with Crippen LogP contribution in [0.25, 0.3) is 0 Å². The predicted molar refractivity (Wildman–Crippen MR) is 86.1 cm³/mol. The van der Waals surface area contributed by atoms with Crippen molar-refractivity contribution in [2.45, 2.75) is 20.0 Å². The van der Waals surface area contributed by atoms with Gasteiger partial charge < -0.3 is 14.8 Å². The summed E-state index contributed by atoms with van der Waals surface area (Å²) in [6, 6.07) is 0. The fourth-order valence-corrected chi connectivity index (χ4v) is 3.03. The van der Waals surface area contributed by atoms with Crippen molar-refractivity contribution >= 4 is 11.7 Å². The van der Waals surface area contributed by atoms with E-state index in [-0.39, 0.29) is 11.7 Å². The number of Topliss-reactive ketones (excluding diaryl/α,β-unsaturated/α-hetero) is 1. The first kappa shape index (κ1) is 15.9. The van der Waals surface area contributed by atoms with Gasteiger partial charge in [-0.15, -0.1) is 0 Å². The molecule has 23 heavy (non-hydrogen) atoms. The number of piperazine rings is 1. The van der Waals surface area contributed by atoms with Crippen molar-refractivity contribution in [2.75, 3.05) is 39.3 Å². The van der Waals surface area contributed by atoms with Gasteiger partial charge in [0.15, 0.2) is 5.78 Å². The largest absolute Gasteiger partial charge is 0.330 e. The van der Waals surface area contributed by atoms with Crippen molar-refractivity contribution < 1.29 is 9.59 Å². The maximum absolute atomic E-state index is 12.3. The van der Waals surface area contributed by atoms with E-state index in [0.29, 0.717) is 25.3 Å². The number of nitrogens with one attached hydrogen (secondary N) is 1. The molecule has 2 aliphatic heterocycles. The first-order valence-electron chi connectivity index (χ1n) is 8.09. The highest BCUT2D eigenvalue weighted by atomic mass is 16.2. The van der Waals surface area contributed by atoms with E-state index in [1.165, 1.54) is 0 Å². The topological polar surface area (TPSA) is 70.5 Å². The number of carbonyl (C=O) groups excluding carboxylic acids is 2. The van der Waals surface area contributed by atoms with Crippen molar-refractivity contribution in [2.24, 2.45) is 0 Å². The molecule has 0 aliphatic carbocycles. The summed E-state index contributed by atoms with van der Waals surface area (Å²) in [6.45, 7) is 8.11. The Hall–Kier alpha value is -1.99. The lowest BCUT2D eigenvalue weighted by atomic mass is 10.3. The van der Waals surface area contributed by atoms with Crippen molar-refractivity contribution in [1.29, 1.82) is 0 Å². The van der Waals surface area contributed by atoms with E-state index >= 15 is 0 Å². The second-order valence-corrected chi connectivity index (χ2v) is 5.98. The molecule has 1 fully saturated rings. The van der Waals surface area contributed by atoms with Crippen LogP contribution in [0.4, 0.5) is 0 Å². The molecule has 0 unspecified atom stereocenters. The lowest BCUT2D eigenvalue weighted by molar-refractivity contribution is -0.127. The van der Waals surface area contributed by atoms with E-state index in [1.54, 1.807) is 24.1 Å². The third kappa shape index (κ3) is 3.68. The van der Waals surface area contributed by atoms with E-state index in [9.17, 15) is 9.59 Å². The zero-order valence-corrected chi connectivity index (χ0v) is 13.5. The van der Waals surface area contributed by atoms with Gasteiger partial charge in [0.05, 0.1) is 12.7 Å². The summed E-state index contributed by atoms with van der Waals surface area (Å²) in [5.41, 5.74) is 0.626. The zero-order valence-electron chi connectivity index (χ0n) is 13.5. The highest BCUT2D eigenvalue weighted by molar-refractivity contribution is 5.92. The Kier molecular flexibility index (Phi) is 4.88. The number of hydrogen-bond acceptors (Lipinski definition) is 5. The first-order chi connectivity index (χ1) is 11.1. The highest BCUT2D eigenvalue weighted by Gasteiger charge is 2.23. The zero-order chi connectivity index (χ0) is 16.2. The normalized spacial score (nSPS) is 19.1.